The Morgan fingerprint density at radius 3 is 1.23 bits per heavy atom. The van der Waals surface area contributed by atoms with Gasteiger partial charge in [0.15, 0.2) is 11.5 Å². The minimum atomic E-state index is -2.32. The van der Waals surface area contributed by atoms with Crippen molar-refractivity contribution >= 4 is 76.8 Å². The summed E-state index contributed by atoms with van der Waals surface area (Å²) in [6.45, 7) is 45.2. The van der Waals surface area contributed by atoms with Gasteiger partial charge in [-0.1, -0.05) is 96.9 Å². The molecule has 0 spiro atoms. The summed E-state index contributed by atoms with van der Waals surface area (Å²) >= 11 is 0. The summed E-state index contributed by atoms with van der Waals surface area (Å²) in [5.74, 6) is 0.868. The number of Topliss-reactive ketones (excluding diaryl/α,β-unsaturated/α-hetero) is 1. The van der Waals surface area contributed by atoms with Crippen LogP contribution in [-0.2, 0) is 29.7 Å². The number of ketones is 1. The number of hydrogen-bond acceptors (Lipinski definition) is 9. The van der Waals surface area contributed by atoms with Crippen molar-refractivity contribution in [2.75, 3.05) is 44.2 Å². The fourth-order valence-corrected chi connectivity index (χ4v) is 16.4. The van der Waals surface area contributed by atoms with E-state index >= 15 is 0 Å². The van der Waals surface area contributed by atoms with E-state index in [9.17, 15) is 14.4 Å². The highest BCUT2D eigenvalue weighted by molar-refractivity contribution is 8.32. The lowest BCUT2D eigenvalue weighted by atomic mass is 9.83. The second-order valence-corrected chi connectivity index (χ2v) is 40.2. The zero-order valence-electron chi connectivity index (χ0n) is 59.4. The molecule has 0 amide bonds. The Morgan fingerprint density at radius 2 is 0.900 bits per heavy atom. The van der Waals surface area contributed by atoms with Crippen LogP contribution in [0.25, 0.3) is 55.3 Å². The van der Waals surface area contributed by atoms with Gasteiger partial charge in [-0.05, 0) is 267 Å². The van der Waals surface area contributed by atoms with Crippen molar-refractivity contribution < 1.29 is 41.3 Å². The highest BCUT2D eigenvalue weighted by atomic mass is 32.3. The molecule has 0 saturated heterocycles. The van der Waals surface area contributed by atoms with Crippen molar-refractivity contribution in [3.63, 3.8) is 0 Å². The van der Waals surface area contributed by atoms with Gasteiger partial charge in [-0.25, -0.2) is 20.1 Å². The molecule has 0 bridgehead atoms. The van der Waals surface area contributed by atoms with Crippen LogP contribution in [0.3, 0.4) is 0 Å². The van der Waals surface area contributed by atoms with Crippen LogP contribution >= 0.6 is 37.1 Å². The Hall–Kier alpha value is -5.54. The van der Waals surface area contributed by atoms with E-state index in [2.05, 4.69) is 176 Å². The molecule has 9 nitrogen and oxygen atoms in total. The average Bonchev–Trinajstić information content (AvgIpc) is 1.79. The lowest BCUT2D eigenvalue weighted by Crippen LogP contribution is -2.38. The van der Waals surface area contributed by atoms with Gasteiger partial charge in [0.25, 0.3) is 0 Å². The molecule has 0 N–H and O–H groups in total. The molecule has 1 aliphatic rings. The topological polar surface area (TPSA) is 114 Å². The van der Waals surface area contributed by atoms with Crippen LogP contribution in [-0.4, -0.2) is 67.5 Å². The molecule has 1 unspecified atom stereocenters. The summed E-state index contributed by atoms with van der Waals surface area (Å²) in [5.41, 5.74) is 15.7. The van der Waals surface area contributed by atoms with Crippen LogP contribution in [0.5, 0.6) is 17.2 Å². The Morgan fingerprint density at radius 1 is 0.522 bits per heavy atom. The highest BCUT2D eigenvalue weighted by Gasteiger charge is 2.40. The number of allylic oxidation sites excluding steroid dienone is 1. The maximum Gasteiger partial charge on any atom is 0.453 e. The van der Waals surface area contributed by atoms with E-state index in [4.69, 9.17) is 26.9 Å². The minimum absolute atomic E-state index is 0.159. The third-order valence-electron chi connectivity index (χ3n) is 16.6. The van der Waals surface area contributed by atoms with Gasteiger partial charge in [-0.15, -0.1) is 0 Å². The second kappa shape index (κ2) is 26.5. The molecule has 6 aromatic carbocycles. The van der Waals surface area contributed by atoms with Crippen LogP contribution in [0, 0.1) is 65.7 Å². The van der Waals surface area contributed by atoms with Gasteiger partial charge >= 0.3 is 20.2 Å². The quantitative estimate of drug-likeness (QED) is 0.0562. The third-order valence-corrected chi connectivity index (χ3v) is 21.5. The molecule has 1 radical (unpaired) electrons. The average molecular weight is 1300 g/mol. The van der Waals surface area contributed by atoms with Crippen molar-refractivity contribution in [3.8, 4) is 50.6 Å². The van der Waals surface area contributed by atoms with Crippen LogP contribution in [0.15, 0.2) is 103 Å². The van der Waals surface area contributed by atoms with Gasteiger partial charge in [0.2, 0.25) is 0 Å². The Kier molecular flexibility index (Phi) is 21.1. The van der Waals surface area contributed by atoms with Crippen molar-refractivity contribution in [1.29, 1.82) is 0 Å². The second-order valence-electron chi connectivity index (χ2n) is 30.3. The highest BCUT2D eigenvalue weighted by Crippen LogP contribution is 2.59. The first-order valence-electron chi connectivity index (χ1n) is 31.3. The van der Waals surface area contributed by atoms with Crippen molar-refractivity contribution in [2.24, 2.45) is 10.8 Å². The van der Waals surface area contributed by atoms with Crippen LogP contribution in [0.2, 0.25) is 0 Å². The molecule has 0 saturated carbocycles. The molecule has 0 aliphatic heterocycles. The Labute approximate surface area is 545 Å². The van der Waals surface area contributed by atoms with E-state index < -0.39 is 55.6 Å². The molecule has 1 heterocycles. The molecule has 1 atom stereocenters. The first kappa shape index (κ1) is 71.9. The normalized spacial score (nSPS) is 13.7. The smallest absolute Gasteiger partial charge is 0.426 e. The van der Waals surface area contributed by atoms with E-state index in [0.717, 1.165) is 51.1 Å². The van der Waals surface area contributed by atoms with E-state index in [1.165, 1.54) is 60.5 Å². The molecule has 1 aromatic heterocycles. The molecule has 90 heavy (non-hydrogen) atoms. The van der Waals surface area contributed by atoms with Crippen molar-refractivity contribution in [3.05, 3.63) is 141 Å². The zero-order valence-corrected chi connectivity index (χ0v) is 63.0. The first-order chi connectivity index (χ1) is 41.3. The van der Waals surface area contributed by atoms with Crippen LogP contribution in [0.1, 0.15) is 160 Å². The Balaban J connectivity index is 0.000000786. The van der Waals surface area contributed by atoms with E-state index in [0.29, 0.717) is 48.0 Å². The third kappa shape index (κ3) is 15.9. The number of rotatable bonds is 15. The largest absolute Gasteiger partial charge is 0.453 e. The van der Waals surface area contributed by atoms with E-state index in [1.807, 2.05) is 98.8 Å². The summed E-state index contributed by atoms with van der Waals surface area (Å²) in [7, 11) is -4.80. The number of aryl methyl sites for hydroxylation is 6. The number of fused-ring (bicyclic) bond motifs is 3. The van der Waals surface area contributed by atoms with Crippen molar-refractivity contribution in [2.45, 2.75) is 184 Å². The fraction of sp³-hybridized carbons (Fsp3) is 0.455. The molecule has 8 rings (SSSR count). The van der Waals surface area contributed by atoms with Gasteiger partial charge < -0.3 is 26.9 Å². The minimum Gasteiger partial charge on any atom is -0.426 e. The van der Waals surface area contributed by atoms with Crippen LogP contribution in [0.4, 0.5) is 0 Å². The van der Waals surface area contributed by atoms with Gasteiger partial charge in [-0.3, -0.25) is 14.4 Å². The maximum absolute atomic E-state index is 13.7. The summed E-state index contributed by atoms with van der Waals surface area (Å²) in [6, 6.07) is 26.2. The van der Waals surface area contributed by atoms with E-state index in [-0.39, 0.29) is 17.7 Å². The molecule has 1 aliphatic carbocycles. The maximum atomic E-state index is 13.7. The number of hydrogen-bond donors (Lipinski definition) is 0. The first-order valence-corrected chi connectivity index (χ1v) is 39.5. The molecule has 0 fully saturated rings. The van der Waals surface area contributed by atoms with Gasteiger partial charge in [0.05, 0.1) is 10.8 Å². The van der Waals surface area contributed by atoms with Gasteiger partial charge in [-0.2, -0.15) is 0 Å². The lowest BCUT2D eigenvalue weighted by molar-refractivity contribution is -0.143. The molecular weight excluding hydrogens is 1190 g/mol. The van der Waals surface area contributed by atoms with Gasteiger partial charge in [0.1, 0.15) is 28.3 Å². The Bertz CT molecular complexity index is 3870. The number of benzene rings is 6. The van der Waals surface area contributed by atoms with Gasteiger partial charge in [0, 0.05) is 53.2 Å². The molecule has 7 aromatic rings. The standard InChI is InChI=1S/C67H87O7PS2.C10H16O2P/c1-38-26-40(3)57(41(4)27-38)45-30-49(44(7)55(32-45)76(20,21)22)50-31-46(58-42(5)28-39(2)29-43(58)6)33-56(77(23,24)25)61(50)74-75-72-59-51(34-47(36-53(59)64(8,9)10)70-62(68)66(14,15)16)52-35-48(71-63(69)67(17,18)19)37-54(60(52)73-75)65(11,12)13;1-4-10(5-2,12-13-3)9(11)8-6-7-8/h26-37H,1-25H3;6-7,13H,4-5H2,1-3H3. The molecule has 13 heteroatoms. The lowest BCUT2D eigenvalue weighted by Gasteiger charge is -2.33. The number of ether oxygens (including phenoxy) is 2. The summed E-state index contributed by atoms with van der Waals surface area (Å²) in [4.78, 5) is 41.7. The monoisotopic (exact) mass is 1300 g/mol. The number of esters is 2. The van der Waals surface area contributed by atoms with Crippen LogP contribution < -0.4 is 14.0 Å². The predicted molar refractivity (Wildman–Crippen MR) is 389 cm³/mol. The van der Waals surface area contributed by atoms with E-state index in [1.54, 1.807) is 0 Å². The SMILES string of the molecule is CCC(CC)(OPC)C(=O)C1=C[CH]1.Cc1cc(C)c(-c2cc(-c3cc(-c4c(C)cc(C)cc4C)cc(S(C)(C)C)c3Op3oc4c(C(C)(C)C)cc(OC(=O)C(C)(C)C)cc4c4cc(OC(=O)C(C)(C)C)cc(C(C)(C)C)c4o3)c(C)c(S(C)(C)C)c2)c(C)c1. The summed E-state index contributed by atoms with van der Waals surface area (Å²) in [5, 5.41) is 1.26. The zero-order chi connectivity index (χ0) is 67.5. The fourth-order valence-electron chi connectivity index (χ4n) is 11.8. The predicted octanol–water partition coefficient (Wildman–Crippen LogP) is 22.4. The summed E-state index contributed by atoms with van der Waals surface area (Å²) in [6.07, 6.45) is 19.3. The number of carbonyl (C=O) groups excluding carboxylic acids is 3. The number of carbonyl (C=O) groups is 3. The molecule has 487 valence electrons. The van der Waals surface area contributed by atoms with Crippen molar-refractivity contribution in [1.82, 2.24) is 0 Å². The molecular formula is C77H103O9P2S2. The summed E-state index contributed by atoms with van der Waals surface area (Å²) < 4.78 is 40.7.